The van der Waals surface area contributed by atoms with Crippen LogP contribution in [0.25, 0.3) is 0 Å². The third-order valence-electron chi connectivity index (χ3n) is 1.33. The predicted octanol–water partition coefficient (Wildman–Crippen LogP) is 2.16. The van der Waals surface area contributed by atoms with Gasteiger partial charge in [-0.05, 0) is 36.7 Å². The summed E-state index contributed by atoms with van der Waals surface area (Å²) < 4.78 is 0.768. The van der Waals surface area contributed by atoms with Crippen molar-refractivity contribution in [1.82, 2.24) is 15.3 Å². The molecule has 1 heterocycles. The Kier molecular flexibility index (Phi) is 3.62. The summed E-state index contributed by atoms with van der Waals surface area (Å²) in [6.07, 6.45) is 3.14. The minimum Gasteiger partial charge on any atom is -0.333 e. The minimum absolute atomic E-state index is 0.278. The van der Waals surface area contributed by atoms with Gasteiger partial charge in [0.15, 0.2) is 0 Å². The number of aromatic nitrogens is 2. The number of carbonyl (C=O) groups is 1. The first kappa shape index (κ1) is 11.9. The Balaban J connectivity index is 2.55. The normalized spacial score (nSPS) is 10.9. The average Bonchev–Trinajstić information content (AvgIpc) is 2.05. The molecular weight excluding hydrogens is 260 g/mol. The lowest BCUT2D eigenvalue weighted by Crippen LogP contribution is -2.43. The van der Waals surface area contributed by atoms with Crippen LogP contribution in [0.15, 0.2) is 16.9 Å². The van der Waals surface area contributed by atoms with Crippen LogP contribution >= 0.6 is 15.9 Å². The number of anilines is 1. The van der Waals surface area contributed by atoms with E-state index in [9.17, 15) is 4.79 Å². The molecule has 0 fully saturated rings. The molecule has 0 aromatic carbocycles. The molecule has 0 aliphatic carbocycles. The van der Waals surface area contributed by atoms with Gasteiger partial charge in [0.05, 0.1) is 4.47 Å². The first-order chi connectivity index (χ1) is 6.87. The molecule has 2 amide bonds. The van der Waals surface area contributed by atoms with Gasteiger partial charge in [-0.25, -0.2) is 14.8 Å². The molecule has 0 atom stereocenters. The number of hydrogen-bond donors (Lipinski definition) is 2. The van der Waals surface area contributed by atoms with E-state index in [0.29, 0.717) is 0 Å². The van der Waals surface area contributed by atoms with Crippen molar-refractivity contribution in [3.05, 3.63) is 16.9 Å². The summed E-state index contributed by atoms with van der Waals surface area (Å²) in [5.74, 6) is 0.278. The van der Waals surface area contributed by atoms with Crippen LogP contribution in [-0.2, 0) is 0 Å². The van der Waals surface area contributed by atoms with Crippen LogP contribution in [0.3, 0.4) is 0 Å². The number of urea groups is 1. The van der Waals surface area contributed by atoms with Crippen molar-refractivity contribution in [2.24, 2.45) is 0 Å². The molecule has 15 heavy (non-hydrogen) atoms. The molecular formula is C9H13BrN4O. The van der Waals surface area contributed by atoms with E-state index in [0.717, 1.165) is 4.47 Å². The molecule has 0 aliphatic heterocycles. The number of rotatable bonds is 1. The molecule has 6 heteroatoms. The number of amides is 2. The fourth-order valence-electron chi connectivity index (χ4n) is 0.850. The summed E-state index contributed by atoms with van der Waals surface area (Å²) in [5.41, 5.74) is -0.278. The Bertz CT molecular complexity index is 344. The molecule has 0 bridgehead atoms. The van der Waals surface area contributed by atoms with E-state index >= 15 is 0 Å². The molecule has 1 rings (SSSR count). The Morgan fingerprint density at radius 3 is 2.33 bits per heavy atom. The summed E-state index contributed by atoms with van der Waals surface area (Å²) >= 11 is 3.21. The molecule has 82 valence electrons. The van der Waals surface area contributed by atoms with E-state index in [4.69, 9.17) is 0 Å². The summed E-state index contributed by atoms with van der Waals surface area (Å²) in [6.45, 7) is 5.69. The lowest BCUT2D eigenvalue weighted by molar-refractivity contribution is 0.243. The lowest BCUT2D eigenvalue weighted by atomic mass is 10.1. The highest BCUT2D eigenvalue weighted by Gasteiger charge is 2.13. The molecule has 0 radical (unpaired) electrons. The first-order valence-electron chi connectivity index (χ1n) is 4.43. The molecule has 1 aromatic heterocycles. The van der Waals surface area contributed by atoms with E-state index in [2.05, 4.69) is 36.5 Å². The maximum absolute atomic E-state index is 11.4. The molecule has 0 spiro atoms. The second-order valence-electron chi connectivity index (χ2n) is 4.05. The Hall–Kier alpha value is -1.17. The standard InChI is InChI=1S/C9H13BrN4O/c1-9(2,3)14-8(15)13-7-11-4-6(10)5-12-7/h4-5H,1-3H3,(H2,11,12,13,14,15). The van der Waals surface area contributed by atoms with Crippen LogP contribution in [0.4, 0.5) is 10.7 Å². The van der Waals surface area contributed by atoms with Gasteiger partial charge in [0.2, 0.25) is 5.95 Å². The van der Waals surface area contributed by atoms with Gasteiger partial charge in [0.1, 0.15) is 0 Å². The van der Waals surface area contributed by atoms with Crippen molar-refractivity contribution in [3.8, 4) is 0 Å². The SMILES string of the molecule is CC(C)(C)NC(=O)Nc1ncc(Br)cn1. The average molecular weight is 273 g/mol. The fourth-order valence-corrected chi connectivity index (χ4v) is 1.05. The predicted molar refractivity (Wildman–Crippen MR) is 61.6 cm³/mol. The molecule has 2 N–H and O–H groups in total. The van der Waals surface area contributed by atoms with Gasteiger partial charge in [-0.1, -0.05) is 0 Å². The second-order valence-corrected chi connectivity index (χ2v) is 4.97. The van der Waals surface area contributed by atoms with Crippen molar-refractivity contribution < 1.29 is 4.79 Å². The second kappa shape index (κ2) is 4.57. The van der Waals surface area contributed by atoms with Gasteiger partial charge < -0.3 is 5.32 Å². The fraction of sp³-hybridized carbons (Fsp3) is 0.444. The minimum atomic E-state index is -0.315. The molecule has 0 saturated carbocycles. The highest BCUT2D eigenvalue weighted by Crippen LogP contribution is 2.07. The maximum atomic E-state index is 11.4. The Labute approximate surface area is 96.8 Å². The summed E-state index contributed by atoms with van der Waals surface area (Å²) in [6, 6.07) is -0.315. The summed E-state index contributed by atoms with van der Waals surface area (Å²) in [5, 5.41) is 5.27. The van der Waals surface area contributed by atoms with Crippen molar-refractivity contribution in [2.75, 3.05) is 5.32 Å². The Morgan fingerprint density at radius 1 is 1.33 bits per heavy atom. The first-order valence-corrected chi connectivity index (χ1v) is 5.23. The zero-order valence-electron chi connectivity index (χ0n) is 8.84. The number of nitrogens with zero attached hydrogens (tertiary/aromatic N) is 2. The summed E-state index contributed by atoms with van der Waals surface area (Å²) in [7, 11) is 0. The van der Waals surface area contributed by atoms with Crippen LogP contribution in [0, 0.1) is 0 Å². The molecule has 1 aromatic rings. The van der Waals surface area contributed by atoms with Crippen molar-refractivity contribution >= 4 is 27.9 Å². The van der Waals surface area contributed by atoms with Crippen molar-refractivity contribution in [2.45, 2.75) is 26.3 Å². The van der Waals surface area contributed by atoms with Gasteiger partial charge in [-0.15, -0.1) is 0 Å². The summed E-state index contributed by atoms with van der Waals surface area (Å²) in [4.78, 5) is 19.2. The topological polar surface area (TPSA) is 66.9 Å². The number of halogens is 1. The van der Waals surface area contributed by atoms with Crippen molar-refractivity contribution in [3.63, 3.8) is 0 Å². The number of nitrogens with one attached hydrogen (secondary N) is 2. The smallest absolute Gasteiger partial charge is 0.322 e. The van der Waals surface area contributed by atoms with E-state index < -0.39 is 0 Å². The van der Waals surface area contributed by atoms with Crippen LogP contribution < -0.4 is 10.6 Å². The van der Waals surface area contributed by atoms with E-state index in [1.165, 1.54) is 0 Å². The molecule has 0 aliphatic rings. The third kappa shape index (κ3) is 4.73. The highest BCUT2D eigenvalue weighted by molar-refractivity contribution is 9.10. The van der Waals surface area contributed by atoms with Crippen molar-refractivity contribution in [1.29, 1.82) is 0 Å². The lowest BCUT2D eigenvalue weighted by Gasteiger charge is -2.20. The quantitative estimate of drug-likeness (QED) is 0.824. The third-order valence-corrected chi connectivity index (χ3v) is 1.74. The van der Waals surface area contributed by atoms with E-state index in [1.807, 2.05) is 20.8 Å². The Morgan fingerprint density at radius 2 is 1.87 bits per heavy atom. The highest BCUT2D eigenvalue weighted by atomic mass is 79.9. The zero-order valence-corrected chi connectivity index (χ0v) is 10.4. The van der Waals surface area contributed by atoms with Crippen LogP contribution in [0.1, 0.15) is 20.8 Å². The van der Waals surface area contributed by atoms with Gasteiger partial charge in [-0.3, -0.25) is 5.32 Å². The molecule has 5 nitrogen and oxygen atoms in total. The van der Waals surface area contributed by atoms with Gasteiger partial charge >= 0.3 is 6.03 Å². The number of hydrogen-bond acceptors (Lipinski definition) is 3. The van der Waals surface area contributed by atoms with E-state index in [-0.39, 0.29) is 17.5 Å². The van der Waals surface area contributed by atoms with Crippen LogP contribution in [0.5, 0.6) is 0 Å². The van der Waals surface area contributed by atoms with Crippen LogP contribution in [0.2, 0.25) is 0 Å². The van der Waals surface area contributed by atoms with E-state index in [1.54, 1.807) is 12.4 Å². The van der Waals surface area contributed by atoms with Gasteiger partial charge in [0, 0.05) is 17.9 Å². The molecule has 0 saturated heterocycles. The van der Waals surface area contributed by atoms with Crippen LogP contribution in [-0.4, -0.2) is 21.5 Å². The monoisotopic (exact) mass is 272 g/mol. The zero-order chi connectivity index (χ0) is 11.5. The maximum Gasteiger partial charge on any atom is 0.322 e. The number of carbonyl (C=O) groups excluding carboxylic acids is 1. The van der Waals surface area contributed by atoms with Gasteiger partial charge in [0.25, 0.3) is 0 Å². The molecule has 0 unspecified atom stereocenters. The van der Waals surface area contributed by atoms with Gasteiger partial charge in [-0.2, -0.15) is 0 Å². The largest absolute Gasteiger partial charge is 0.333 e.